The average molecular weight is 469 g/mol. The summed E-state index contributed by atoms with van der Waals surface area (Å²) < 4.78 is 45.1. The van der Waals surface area contributed by atoms with Crippen LogP contribution in [0.25, 0.3) is 11.5 Å². The average Bonchev–Trinajstić information content (AvgIpc) is 3.60. The van der Waals surface area contributed by atoms with Crippen molar-refractivity contribution in [3.63, 3.8) is 0 Å². The molecule has 2 aromatic heterocycles. The first-order chi connectivity index (χ1) is 16.3. The van der Waals surface area contributed by atoms with Gasteiger partial charge in [-0.3, -0.25) is 4.98 Å². The lowest BCUT2D eigenvalue weighted by Gasteiger charge is -2.53. The molecule has 0 spiro atoms. The minimum Gasteiger partial charge on any atom is -0.384 e. The Balaban J connectivity index is 1.12. The van der Waals surface area contributed by atoms with Crippen molar-refractivity contribution in [1.82, 2.24) is 15.1 Å². The second kappa shape index (κ2) is 7.82. The number of hydrogen-bond donors (Lipinski definition) is 1. The van der Waals surface area contributed by atoms with Crippen molar-refractivity contribution < 1.29 is 17.7 Å². The molecule has 5 nitrogen and oxygen atoms in total. The van der Waals surface area contributed by atoms with Crippen molar-refractivity contribution in [1.29, 1.82) is 0 Å². The molecule has 1 aromatic carbocycles. The molecule has 4 fully saturated rings. The van der Waals surface area contributed by atoms with E-state index in [9.17, 15) is 13.2 Å². The molecule has 8 heteroatoms. The zero-order chi connectivity index (χ0) is 23.4. The van der Waals surface area contributed by atoms with Crippen LogP contribution in [0.3, 0.4) is 0 Å². The fourth-order valence-corrected chi connectivity index (χ4v) is 5.72. The summed E-state index contributed by atoms with van der Waals surface area (Å²) in [6, 6.07) is 10.4. The molecular formula is C26H27F3N4O. The van der Waals surface area contributed by atoms with Gasteiger partial charge in [0.25, 0.3) is 5.89 Å². The highest BCUT2D eigenvalue weighted by molar-refractivity contribution is 5.61. The summed E-state index contributed by atoms with van der Waals surface area (Å²) in [6.45, 7) is 0.847. The smallest absolute Gasteiger partial charge is 0.384 e. The number of nitrogens with zero attached hydrogens (tertiary/aromatic N) is 3. The predicted octanol–water partition coefficient (Wildman–Crippen LogP) is 6.73. The van der Waals surface area contributed by atoms with Gasteiger partial charge in [0.2, 0.25) is 0 Å². The standard InChI is InChI=1S/C26H27F3N4O/c27-26(28,29)19-6-13-30-21(15-19)25-10-7-24(8-11-25,9-12-25)16-31-20-3-1-2-18(14-20)23-32-22(33-34-23)17-4-5-17/h1-3,6,13-15,17,31H,4-5,7-12,16H2. The van der Waals surface area contributed by atoms with Crippen molar-refractivity contribution in [2.45, 2.75) is 68.9 Å². The molecule has 3 aromatic rings. The molecule has 0 atom stereocenters. The molecule has 0 aliphatic heterocycles. The third-order valence-corrected chi connectivity index (χ3v) is 8.19. The number of hydrogen-bond acceptors (Lipinski definition) is 5. The minimum atomic E-state index is -4.33. The van der Waals surface area contributed by atoms with E-state index in [2.05, 4.69) is 20.4 Å². The van der Waals surface area contributed by atoms with Crippen LogP contribution in [0.4, 0.5) is 18.9 Å². The van der Waals surface area contributed by atoms with Crippen LogP contribution in [0.2, 0.25) is 0 Å². The molecule has 4 aliphatic carbocycles. The Kier molecular flexibility index (Phi) is 4.97. The zero-order valence-corrected chi connectivity index (χ0v) is 18.9. The van der Waals surface area contributed by atoms with Crippen molar-refractivity contribution in [2.24, 2.45) is 5.41 Å². The number of fused-ring (bicyclic) bond motifs is 3. The molecule has 0 radical (unpaired) electrons. The summed E-state index contributed by atoms with van der Waals surface area (Å²) in [4.78, 5) is 8.93. The number of nitrogens with one attached hydrogen (secondary N) is 1. The van der Waals surface area contributed by atoms with Crippen LogP contribution >= 0.6 is 0 Å². The highest BCUT2D eigenvalue weighted by Crippen LogP contribution is 2.57. The lowest BCUT2D eigenvalue weighted by Crippen LogP contribution is -2.47. The molecule has 0 amide bonds. The maximum absolute atomic E-state index is 13.2. The Labute approximate surface area is 196 Å². The van der Waals surface area contributed by atoms with E-state index in [-0.39, 0.29) is 10.8 Å². The van der Waals surface area contributed by atoms with Gasteiger partial charge in [0.15, 0.2) is 5.82 Å². The monoisotopic (exact) mass is 468 g/mol. The Morgan fingerprint density at radius 3 is 2.47 bits per heavy atom. The van der Waals surface area contributed by atoms with Crippen molar-refractivity contribution in [3.05, 3.63) is 59.7 Å². The van der Waals surface area contributed by atoms with E-state index >= 15 is 0 Å². The molecule has 0 unspecified atom stereocenters. The van der Waals surface area contributed by atoms with Gasteiger partial charge in [0.05, 0.1) is 5.56 Å². The quantitative estimate of drug-likeness (QED) is 0.434. The van der Waals surface area contributed by atoms with Crippen LogP contribution in [0.1, 0.15) is 74.4 Å². The highest BCUT2D eigenvalue weighted by Gasteiger charge is 2.50. The first-order valence-corrected chi connectivity index (χ1v) is 12.1. The highest BCUT2D eigenvalue weighted by atomic mass is 19.4. The zero-order valence-electron chi connectivity index (χ0n) is 18.9. The fourth-order valence-electron chi connectivity index (χ4n) is 5.72. The summed E-state index contributed by atoms with van der Waals surface area (Å²) in [6.07, 6.45) is 4.87. The van der Waals surface area contributed by atoms with Gasteiger partial charge in [-0.05, 0) is 87.1 Å². The van der Waals surface area contributed by atoms with E-state index in [0.717, 1.165) is 81.1 Å². The normalized spacial score (nSPS) is 26.6. The first kappa shape index (κ1) is 21.6. The van der Waals surface area contributed by atoms with Crippen LogP contribution in [0.5, 0.6) is 0 Å². The maximum Gasteiger partial charge on any atom is 0.416 e. The molecule has 34 heavy (non-hydrogen) atoms. The minimum absolute atomic E-state index is 0.170. The van der Waals surface area contributed by atoms with Gasteiger partial charge in [0.1, 0.15) is 0 Å². The van der Waals surface area contributed by atoms with E-state index in [1.807, 2.05) is 24.3 Å². The fraction of sp³-hybridized carbons (Fsp3) is 0.500. The van der Waals surface area contributed by atoms with Crippen LogP contribution in [-0.4, -0.2) is 21.7 Å². The molecule has 178 valence electrons. The number of benzene rings is 1. The topological polar surface area (TPSA) is 63.8 Å². The van der Waals surface area contributed by atoms with Gasteiger partial charge in [0, 0.05) is 41.0 Å². The Morgan fingerprint density at radius 1 is 1.00 bits per heavy atom. The van der Waals surface area contributed by atoms with Gasteiger partial charge in [-0.25, -0.2) is 0 Å². The summed E-state index contributed by atoms with van der Waals surface area (Å²) in [7, 11) is 0. The molecule has 2 heterocycles. The van der Waals surface area contributed by atoms with E-state index in [0.29, 0.717) is 17.5 Å². The number of anilines is 1. The largest absolute Gasteiger partial charge is 0.416 e. The number of halogens is 3. The third kappa shape index (κ3) is 3.97. The Bertz CT molecular complexity index is 1180. The molecule has 1 N–H and O–H groups in total. The van der Waals surface area contributed by atoms with Crippen LogP contribution < -0.4 is 5.32 Å². The van der Waals surface area contributed by atoms with E-state index in [1.54, 1.807) is 0 Å². The number of aromatic nitrogens is 3. The van der Waals surface area contributed by atoms with Crippen molar-refractivity contribution in [2.75, 3.05) is 11.9 Å². The molecule has 4 aliphatic rings. The Morgan fingerprint density at radius 2 is 1.76 bits per heavy atom. The Hall–Kier alpha value is -2.90. The van der Waals surface area contributed by atoms with Gasteiger partial charge in [-0.1, -0.05) is 11.2 Å². The molecule has 2 bridgehead atoms. The maximum atomic E-state index is 13.2. The van der Waals surface area contributed by atoms with E-state index in [1.165, 1.54) is 12.3 Å². The van der Waals surface area contributed by atoms with Gasteiger partial charge >= 0.3 is 6.18 Å². The molecule has 0 saturated heterocycles. The summed E-state index contributed by atoms with van der Waals surface area (Å²) in [5.41, 5.74) is 1.88. The number of pyridine rings is 1. The van der Waals surface area contributed by atoms with Crippen LogP contribution in [0, 0.1) is 5.41 Å². The van der Waals surface area contributed by atoms with Crippen molar-refractivity contribution >= 4 is 5.69 Å². The van der Waals surface area contributed by atoms with E-state index in [4.69, 9.17) is 4.52 Å². The first-order valence-electron chi connectivity index (χ1n) is 12.1. The second-order valence-electron chi connectivity index (χ2n) is 10.4. The summed E-state index contributed by atoms with van der Waals surface area (Å²) in [5, 5.41) is 7.72. The SMILES string of the molecule is FC(F)(F)c1ccnc(C23CCC(CNc4cccc(-c5nc(C6CC6)no5)c4)(CC2)CC3)c1. The summed E-state index contributed by atoms with van der Waals surface area (Å²) in [5.74, 6) is 1.81. The van der Waals surface area contributed by atoms with Crippen LogP contribution in [0.15, 0.2) is 47.1 Å². The molecule has 7 rings (SSSR count). The van der Waals surface area contributed by atoms with E-state index < -0.39 is 11.7 Å². The lowest BCUT2D eigenvalue weighted by molar-refractivity contribution is -0.137. The van der Waals surface area contributed by atoms with Gasteiger partial charge in [-0.2, -0.15) is 18.2 Å². The number of rotatable bonds is 6. The second-order valence-corrected chi connectivity index (χ2v) is 10.4. The van der Waals surface area contributed by atoms with Crippen LogP contribution in [-0.2, 0) is 11.6 Å². The third-order valence-electron chi connectivity index (χ3n) is 8.19. The van der Waals surface area contributed by atoms with Crippen molar-refractivity contribution in [3.8, 4) is 11.5 Å². The lowest BCUT2D eigenvalue weighted by atomic mass is 9.52. The number of alkyl halides is 3. The molecule has 4 saturated carbocycles. The summed E-state index contributed by atoms with van der Waals surface area (Å²) >= 11 is 0. The van der Waals surface area contributed by atoms with Gasteiger partial charge < -0.3 is 9.84 Å². The predicted molar refractivity (Wildman–Crippen MR) is 121 cm³/mol. The molecular weight excluding hydrogens is 441 g/mol. The van der Waals surface area contributed by atoms with Gasteiger partial charge in [-0.15, -0.1) is 0 Å².